The van der Waals surface area contributed by atoms with Gasteiger partial charge in [-0.15, -0.1) is 0 Å². The molecule has 3 amide bonds. The quantitative estimate of drug-likeness (QED) is 0.740. The lowest BCUT2D eigenvalue weighted by Crippen LogP contribution is -2.45. The maximum absolute atomic E-state index is 12.7. The van der Waals surface area contributed by atoms with Crippen LogP contribution in [0.3, 0.4) is 0 Å². The van der Waals surface area contributed by atoms with Crippen LogP contribution >= 0.6 is 0 Å². The first-order chi connectivity index (χ1) is 12.6. The molecule has 5 heteroatoms. The number of anilines is 1. The second kappa shape index (κ2) is 6.11. The normalized spacial score (nSPS) is 14.4. The van der Waals surface area contributed by atoms with Gasteiger partial charge in [0.2, 0.25) is 5.91 Å². The monoisotopic (exact) mass is 344 g/mol. The summed E-state index contributed by atoms with van der Waals surface area (Å²) in [5.41, 5.74) is 1.32. The minimum atomic E-state index is -0.915. The van der Waals surface area contributed by atoms with E-state index in [-0.39, 0.29) is 0 Å². The average molecular weight is 344 g/mol. The van der Waals surface area contributed by atoms with Gasteiger partial charge in [0.15, 0.2) is 0 Å². The zero-order valence-corrected chi connectivity index (χ0v) is 14.1. The van der Waals surface area contributed by atoms with Gasteiger partial charge in [0, 0.05) is 11.1 Å². The lowest BCUT2D eigenvalue weighted by atomic mass is 10.1. The van der Waals surface area contributed by atoms with Crippen molar-refractivity contribution in [2.24, 2.45) is 0 Å². The molecule has 26 heavy (non-hydrogen) atoms. The fourth-order valence-electron chi connectivity index (χ4n) is 3.25. The van der Waals surface area contributed by atoms with E-state index in [1.54, 1.807) is 37.3 Å². The molecule has 128 valence electrons. The molecule has 1 atom stereocenters. The van der Waals surface area contributed by atoms with Crippen LogP contribution in [0.1, 0.15) is 27.6 Å². The molecule has 0 aliphatic carbocycles. The number of rotatable bonds is 3. The Balaban J connectivity index is 1.61. The summed E-state index contributed by atoms with van der Waals surface area (Å²) in [6, 6.07) is 19.0. The van der Waals surface area contributed by atoms with Crippen LogP contribution in [-0.2, 0) is 4.79 Å². The highest BCUT2D eigenvalue weighted by Crippen LogP contribution is 2.26. The first kappa shape index (κ1) is 16.0. The van der Waals surface area contributed by atoms with Crippen molar-refractivity contribution in [3.8, 4) is 0 Å². The Morgan fingerprint density at radius 3 is 2.12 bits per heavy atom. The van der Waals surface area contributed by atoms with E-state index in [9.17, 15) is 14.4 Å². The molecule has 3 aromatic rings. The van der Waals surface area contributed by atoms with Gasteiger partial charge in [-0.2, -0.15) is 0 Å². The largest absolute Gasteiger partial charge is 0.324 e. The molecule has 0 spiro atoms. The SMILES string of the molecule is CC(C(=O)Nc1cccc2ccccc12)N1C(=O)c2ccccc2C1=O. The van der Waals surface area contributed by atoms with Crippen LogP contribution in [0.2, 0.25) is 0 Å². The summed E-state index contributed by atoms with van der Waals surface area (Å²) in [6.07, 6.45) is 0. The van der Waals surface area contributed by atoms with Gasteiger partial charge in [-0.05, 0) is 30.5 Å². The Labute approximate surface area is 150 Å². The van der Waals surface area contributed by atoms with Gasteiger partial charge >= 0.3 is 0 Å². The molecular weight excluding hydrogens is 328 g/mol. The van der Waals surface area contributed by atoms with Crippen LogP contribution < -0.4 is 5.32 Å². The van der Waals surface area contributed by atoms with Crippen molar-refractivity contribution in [2.45, 2.75) is 13.0 Å². The van der Waals surface area contributed by atoms with Crippen molar-refractivity contribution in [3.05, 3.63) is 77.9 Å². The highest BCUT2D eigenvalue weighted by molar-refractivity contribution is 6.23. The standard InChI is InChI=1S/C21H16N2O3/c1-13(23-20(25)16-10-4-5-11-17(16)21(23)26)19(24)22-18-12-6-8-14-7-2-3-9-15(14)18/h2-13H,1H3,(H,22,24). The van der Waals surface area contributed by atoms with Gasteiger partial charge in [0.05, 0.1) is 11.1 Å². The number of benzene rings is 3. The third-order valence-electron chi connectivity index (χ3n) is 4.64. The second-order valence-electron chi connectivity index (χ2n) is 6.22. The molecule has 1 aliphatic heterocycles. The van der Waals surface area contributed by atoms with E-state index in [1.807, 2.05) is 36.4 Å². The third-order valence-corrected chi connectivity index (χ3v) is 4.64. The van der Waals surface area contributed by atoms with E-state index in [0.717, 1.165) is 15.7 Å². The van der Waals surface area contributed by atoms with Crippen molar-refractivity contribution < 1.29 is 14.4 Å². The van der Waals surface area contributed by atoms with Crippen molar-refractivity contribution >= 4 is 34.2 Å². The lowest BCUT2D eigenvalue weighted by molar-refractivity contribution is -0.119. The first-order valence-corrected chi connectivity index (χ1v) is 8.33. The molecule has 5 nitrogen and oxygen atoms in total. The van der Waals surface area contributed by atoms with Crippen LogP contribution in [0, 0.1) is 0 Å². The Bertz CT molecular complexity index is 1020. The van der Waals surface area contributed by atoms with Crippen molar-refractivity contribution in [1.82, 2.24) is 4.90 Å². The van der Waals surface area contributed by atoms with E-state index in [0.29, 0.717) is 16.8 Å². The minimum Gasteiger partial charge on any atom is -0.324 e. The molecule has 1 aliphatic rings. The Kier molecular flexibility index (Phi) is 3.77. The molecular formula is C21H16N2O3. The molecule has 0 aromatic heterocycles. The number of hydrogen-bond acceptors (Lipinski definition) is 3. The van der Waals surface area contributed by atoms with E-state index in [2.05, 4.69) is 5.32 Å². The lowest BCUT2D eigenvalue weighted by Gasteiger charge is -2.22. The predicted octanol–water partition coefficient (Wildman–Crippen LogP) is 3.46. The summed E-state index contributed by atoms with van der Waals surface area (Å²) in [5, 5.41) is 4.74. The second-order valence-corrected chi connectivity index (χ2v) is 6.22. The molecule has 1 heterocycles. The molecule has 4 rings (SSSR count). The minimum absolute atomic E-state index is 0.335. The van der Waals surface area contributed by atoms with Gasteiger partial charge in [-0.1, -0.05) is 48.5 Å². The topological polar surface area (TPSA) is 66.5 Å². The third kappa shape index (κ3) is 2.45. The summed E-state index contributed by atoms with van der Waals surface area (Å²) in [6.45, 7) is 1.56. The van der Waals surface area contributed by atoms with Gasteiger partial charge in [0.1, 0.15) is 6.04 Å². The first-order valence-electron chi connectivity index (χ1n) is 8.33. The van der Waals surface area contributed by atoms with Crippen molar-refractivity contribution in [3.63, 3.8) is 0 Å². The van der Waals surface area contributed by atoms with Crippen LogP contribution in [0.4, 0.5) is 5.69 Å². The highest BCUT2D eigenvalue weighted by atomic mass is 16.2. The van der Waals surface area contributed by atoms with Gasteiger partial charge < -0.3 is 5.32 Å². The smallest absolute Gasteiger partial charge is 0.262 e. The number of carbonyl (C=O) groups is 3. The zero-order valence-electron chi connectivity index (χ0n) is 14.1. The van der Waals surface area contributed by atoms with E-state index in [1.165, 1.54) is 0 Å². The average Bonchev–Trinajstić information content (AvgIpc) is 2.92. The van der Waals surface area contributed by atoms with E-state index in [4.69, 9.17) is 0 Å². The summed E-state index contributed by atoms with van der Waals surface area (Å²) >= 11 is 0. The van der Waals surface area contributed by atoms with Gasteiger partial charge in [-0.25, -0.2) is 0 Å². The highest BCUT2D eigenvalue weighted by Gasteiger charge is 2.40. The van der Waals surface area contributed by atoms with Crippen LogP contribution in [0.25, 0.3) is 10.8 Å². The molecule has 0 radical (unpaired) electrons. The summed E-state index contributed by atoms with van der Waals surface area (Å²) in [5.74, 6) is -1.28. The van der Waals surface area contributed by atoms with Crippen LogP contribution in [0.15, 0.2) is 66.7 Å². The molecule has 1 unspecified atom stereocenters. The van der Waals surface area contributed by atoms with Crippen LogP contribution in [-0.4, -0.2) is 28.7 Å². The zero-order chi connectivity index (χ0) is 18.3. The van der Waals surface area contributed by atoms with Crippen molar-refractivity contribution in [2.75, 3.05) is 5.32 Å². The summed E-state index contributed by atoms with van der Waals surface area (Å²) in [4.78, 5) is 38.8. The van der Waals surface area contributed by atoms with Gasteiger partial charge in [0.25, 0.3) is 11.8 Å². The fourth-order valence-corrected chi connectivity index (χ4v) is 3.25. The molecule has 0 saturated carbocycles. The molecule has 0 fully saturated rings. The summed E-state index contributed by atoms with van der Waals surface area (Å²) < 4.78 is 0. The number of carbonyl (C=O) groups excluding carboxylic acids is 3. The number of imide groups is 1. The maximum atomic E-state index is 12.7. The number of amides is 3. The fraction of sp³-hybridized carbons (Fsp3) is 0.0952. The maximum Gasteiger partial charge on any atom is 0.262 e. The molecule has 0 bridgehead atoms. The Hall–Kier alpha value is -3.47. The Morgan fingerprint density at radius 1 is 0.846 bits per heavy atom. The Morgan fingerprint density at radius 2 is 1.42 bits per heavy atom. The molecule has 3 aromatic carbocycles. The van der Waals surface area contributed by atoms with E-state index < -0.39 is 23.8 Å². The van der Waals surface area contributed by atoms with Gasteiger partial charge in [-0.3, -0.25) is 19.3 Å². The molecule has 1 N–H and O–H groups in total. The predicted molar refractivity (Wildman–Crippen MR) is 99.0 cm³/mol. The number of nitrogens with zero attached hydrogens (tertiary/aromatic N) is 1. The number of nitrogens with one attached hydrogen (secondary N) is 1. The summed E-state index contributed by atoms with van der Waals surface area (Å²) in [7, 11) is 0. The number of hydrogen-bond donors (Lipinski definition) is 1. The number of fused-ring (bicyclic) bond motifs is 2. The van der Waals surface area contributed by atoms with Crippen molar-refractivity contribution in [1.29, 1.82) is 0 Å². The van der Waals surface area contributed by atoms with E-state index >= 15 is 0 Å². The molecule has 0 saturated heterocycles. The van der Waals surface area contributed by atoms with Crippen LogP contribution in [0.5, 0.6) is 0 Å².